The van der Waals surface area contributed by atoms with Crippen LogP contribution in [0.25, 0.3) is 0 Å². The standard InChI is InChI=1S/C33H40Cl2FN5O3/c1-31(2)10-12-32(13-11-31)33(23-8-3-18(34)15-24(23)39-30(33)44)25(22-9-14-37-28(35)26(22)36)27(40-32)29(43)38-19-4-6-20(7-5-19)41-16-21(42)17-41/h3,8-9,14-15,19-21,25,27,40,42H,4-7,10-13,16-17H2,1-2H3,(H,38,43)(H,39,44)/t19-,20-,25-,27+,33+/m0/s1. The van der Waals surface area contributed by atoms with Crippen molar-refractivity contribution in [3.05, 3.63) is 57.6 Å². The van der Waals surface area contributed by atoms with E-state index >= 15 is 4.39 Å². The molecule has 8 nitrogen and oxygen atoms in total. The van der Waals surface area contributed by atoms with Crippen molar-refractivity contribution in [3.8, 4) is 0 Å². The van der Waals surface area contributed by atoms with Crippen LogP contribution < -0.4 is 16.0 Å². The fourth-order valence-electron chi connectivity index (χ4n) is 8.99. The number of carbonyl (C=O) groups is 2. The van der Waals surface area contributed by atoms with Gasteiger partial charge in [0.2, 0.25) is 11.8 Å². The Morgan fingerprint density at radius 1 is 1.09 bits per heavy atom. The predicted octanol–water partition coefficient (Wildman–Crippen LogP) is 4.92. The van der Waals surface area contributed by atoms with Gasteiger partial charge >= 0.3 is 0 Å². The van der Waals surface area contributed by atoms with Crippen molar-refractivity contribution in [1.29, 1.82) is 0 Å². The summed E-state index contributed by atoms with van der Waals surface area (Å²) in [6.07, 6.45) is 7.69. The van der Waals surface area contributed by atoms with E-state index in [2.05, 4.69) is 39.7 Å². The molecule has 3 aliphatic heterocycles. The van der Waals surface area contributed by atoms with Crippen LogP contribution in [0, 0.1) is 11.2 Å². The van der Waals surface area contributed by atoms with Gasteiger partial charge in [0.1, 0.15) is 5.41 Å². The maximum absolute atomic E-state index is 16.1. The Morgan fingerprint density at radius 3 is 2.48 bits per heavy atom. The maximum atomic E-state index is 16.1. The normalized spacial score (nSPS) is 32.8. The van der Waals surface area contributed by atoms with Crippen LogP contribution in [0.3, 0.4) is 0 Å². The molecule has 2 aromatic rings. The number of hydrogen-bond acceptors (Lipinski definition) is 6. The zero-order chi connectivity index (χ0) is 31.0. The molecule has 4 fully saturated rings. The van der Waals surface area contributed by atoms with Gasteiger partial charge < -0.3 is 15.7 Å². The molecular weight excluding hydrogens is 604 g/mol. The number of nitrogens with zero attached hydrogens (tertiary/aromatic N) is 2. The van der Waals surface area contributed by atoms with Crippen molar-refractivity contribution < 1.29 is 19.1 Å². The van der Waals surface area contributed by atoms with Gasteiger partial charge in [-0.3, -0.25) is 19.8 Å². The Kier molecular flexibility index (Phi) is 7.52. The number of likely N-dealkylation sites (tertiary alicyclic amines) is 1. The monoisotopic (exact) mass is 643 g/mol. The summed E-state index contributed by atoms with van der Waals surface area (Å²) >= 11 is 12.6. The van der Waals surface area contributed by atoms with E-state index in [0.29, 0.717) is 42.7 Å². The number of aromatic nitrogens is 1. The van der Waals surface area contributed by atoms with Gasteiger partial charge in [0.15, 0.2) is 11.0 Å². The van der Waals surface area contributed by atoms with E-state index in [0.717, 1.165) is 44.1 Å². The lowest BCUT2D eigenvalue weighted by Gasteiger charge is -2.50. The number of halogens is 3. The van der Waals surface area contributed by atoms with E-state index in [-0.39, 0.29) is 40.1 Å². The maximum Gasteiger partial charge on any atom is 0.238 e. The van der Waals surface area contributed by atoms with Gasteiger partial charge in [-0.15, -0.1) is 0 Å². The van der Waals surface area contributed by atoms with Gasteiger partial charge in [0, 0.05) is 53.5 Å². The zero-order valence-electron chi connectivity index (χ0n) is 25.1. The van der Waals surface area contributed by atoms with E-state index in [4.69, 9.17) is 23.2 Å². The molecule has 4 heterocycles. The number of amides is 2. The number of rotatable bonds is 4. The number of carbonyl (C=O) groups excluding carboxylic acids is 2. The first-order valence-electron chi connectivity index (χ1n) is 15.9. The molecule has 11 heteroatoms. The highest BCUT2D eigenvalue weighted by molar-refractivity contribution is 6.31. The fourth-order valence-corrected chi connectivity index (χ4v) is 9.33. The molecule has 7 rings (SSSR count). The van der Waals surface area contributed by atoms with E-state index in [1.54, 1.807) is 18.2 Å². The third-order valence-electron chi connectivity index (χ3n) is 11.4. The fraction of sp³-hybridized carbons (Fsp3) is 0.606. The number of β-amino-alcohol motifs (C(OH)–C–C–N with tert-alkyl or cyclic N) is 1. The number of benzene rings is 1. The summed E-state index contributed by atoms with van der Waals surface area (Å²) in [6, 6.07) is 6.42. The Hall–Kier alpha value is -2.30. The summed E-state index contributed by atoms with van der Waals surface area (Å²) in [4.78, 5) is 35.3. The van der Waals surface area contributed by atoms with Crippen molar-refractivity contribution >= 4 is 40.7 Å². The molecule has 1 aromatic carbocycles. The van der Waals surface area contributed by atoms with Crippen molar-refractivity contribution in [1.82, 2.24) is 20.5 Å². The second-order valence-corrected chi connectivity index (χ2v) is 15.2. The summed E-state index contributed by atoms with van der Waals surface area (Å²) in [6.45, 7) is 5.88. The first-order chi connectivity index (χ1) is 20.9. The van der Waals surface area contributed by atoms with Crippen molar-refractivity contribution in [2.24, 2.45) is 5.41 Å². The largest absolute Gasteiger partial charge is 0.390 e. The van der Waals surface area contributed by atoms with Gasteiger partial charge in [0.05, 0.1) is 12.1 Å². The number of aliphatic hydroxyl groups is 1. The molecule has 2 amide bonds. The SMILES string of the molecule is CC1(C)CCC2(CC1)N[C@@H](C(=O)N[C@H]1CC[C@H](N3CC(O)C3)CC1)[C@H](c1ccnc(Cl)c1F)[C@]21C(=O)Nc2cc(Cl)ccc21. The Bertz CT molecular complexity index is 1480. The number of pyridine rings is 1. The highest BCUT2D eigenvalue weighted by Crippen LogP contribution is 2.64. The van der Waals surface area contributed by atoms with Crippen LogP contribution in [0.5, 0.6) is 0 Å². The average molecular weight is 645 g/mol. The number of anilines is 1. The molecule has 2 saturated heterocycles. The molecule has 2 saturated carbocycles. The van der Waals surface area contributed by atoms with Crippen molar-refractivity contribution in [3.63, 3.8) is 0 Å². The molecule has 44 heavy (non-hydrogen) atoms. The topological polar surface area (TPSA) is 107 Å². The van der Waals surface area contributed by atoms with Crippen molar-refractivity contribution in [2.45, 2.75) is 106 Å². The molecule has 0 bridgehead atoms. The van der Waals surface area contributed by atoms with Crippen LogP contribution in [0.15, 0.2) is 30.5 Å². The first kappa shape index (κ1) is 30.4. The Morgan fingerprint density at radius 2 is 1.80 bits per heavy atom. The van der Waals surface area contributed by atoms with Crippen LogP contribution in [0.4, 0.5) is 10.1 Å². The van der Waals surface area contributed by atoms with E-state index in [9.17, 15) is 14.7 Å². The molecule has 236 valence electrons. The summed E-state index contributed by atoms with van der Waals surface area (Å²) in [5, 5.41) is 20.0. The van der Waals surface area contributed by atoms with Gasteiger partial charge in [-0.25, -0.2) is 9.37 Å². The van der Waals surface area contributed by atoms with Gasteiger partial charge in [-0.2, -0.15) is 0 Å². The minimum atomic E-state index is -1.28. The molecule has 0 unspecified atom stereocenters. The van der Waals surface area contributed by atoms with Gasteiger partial charge in [0.25, 0.3) is 0 Å². The van der Waals surface area contributed by atoms with Crippen molar-refractivity contribution in [2.75, 3.05) is 18.4 Å². The second kappa shape index (κ2) is 10.9. The van der Waals surface area contributed by atoms with E-state index in [1.807, 2.05) is 6.07 Å². The first-order valence-corrected chi connectivity index (χ1v) is 16.6. The minimum absolute atomic E-state index is 0.0282. The lowest BCUT2D eigenvalue weighted by atomic mass is 9.53. The van der Waals surface area contributed by atoms with Crippen LogP contribution >= 0.6 is 23.2 Å². The van der Waals surface area contributed by atoms with Crippen LogP contribution in [-0.4, -0.2) is 69.7 Å². The lowest BCUT2D eigenvalue weighted by Crippen LogP contribution is -2.61. The van der Waals surface area contributed by atoms with Gasteiger partial charge in [-0.1, -0.05) is 43.1 Å². The predicted molar refractivity (Wildman–Crippen MR) is 167 cm³/mol. The zero-order valence-corrected chi connectivity index (χ0v) is 26.6. The number of hydrogen-bond donors (Lipinski definition) is 4. The molecule has 2 aliphatic carbocycles. The second-order valence-electron chi connectivity index (χ2n) is 14.4. The van der Waals surface area contributed by atoms with Gasteiger partial charge in [-0.05, 0) is 86.1 Å². The number of fused-ring (bicyclic) bond motifs is 3. The Balaban J connectivity index is 1.29. The summed E-state index contributed by atoms with van der Waals surface area (Å²) < 4.78 is 16.1. The van der Waals surface area contributed by atoms with Crippen LogP contribution in [0.1, 0.15) is 82.3 Å². The molecule has 4 N–H and O–H groups in total. The molecule has 2 spiro atoms. The quantitative estimate of drug-likeness (QED) is 0.353. The summed E-state index contributed by atoms with van der Waals surface area (Å²) in [7, 11) is 0. The molecular formula is C33H40Cl2FN5O3. The highest BCUT2D eigenvalue weighted by atomic mass is 35.5. The average Bonchev–Trinajstić information content (AvgIpc) is 3.43. The molecule has 1 aromatic heterocycles. The summed E-state index contributed by atoms with van der Waals surface area (Å²) in [5.74, 6) is -2.09. The van der Waals surface area contributed by atoms with E-state index in [1.165, 1.54) is 6.20 Å². The third kappa shape index (κ3) is 4.68. The smallest absolute Gasteiger partial charge is 0.238 e. The van der Waals surface area contributed by atoms with Crippen LogP contribution in [0.2, 0.25) is 10.2 Å². The molecule has 0 radical (unpaired) electrons. The van der Waals surface area contributed by atoms with E-state index < -0.39 is 28.7 Å². The minimum Gasteiger partial charge on any atom is -0.390 e. The Labute approximate surface area is 267 Å². The highest BCUT2D eigenvalue weighted by Gasteiger charge is 2.73. The lowest BCUT2D eigenvalue weighted by molar-refractivity contribution is -0.125. The molecule has 3 atom stereocenters. The molecule has 5 aliphatic rings. The summed E-state index contributed by atoms with van der Waals surface area (Å²) in [5.41, 5.74) is -0.502. The number of nitrogens with one attached hydrogen (secondary N) is 3. The third-order valence-corrected chi connectivity index (χ3v) is 11.9. The number of aliphatic hydroxyl groups excluding tert-OH is 1. The van der Waals surface area contributed by atoms with Crippen LogP contribution in [-0.2, 0) is 15.0 Å².